The van der Waals surface area contributed by atoms with E-state index in [4.69, 9.17) is 0 Å². The maximum Gasteiger partial charge on any atom is 0.257 e. The van der Waals surface area contributed by atoms with Gasteiger partial charge in [0.05, 0.1) is 16.6 Å². The Labute approximate surface area is 144 Å². The van der Waals surface area contributed by atoms with E-state index in [0.717, 1.165) is 16.7 Å². The summed E-state index contributed by atoms with van der Waals surface area (Å²) in [6.45, 7) is 5.99. The van der Waals surface area contributed by atoms with E-state index in [1.165, 1.54) is 0 Å². The molecule has 25 heavy (non-hydrogen) atoms. The van der Waals surface area contributed by atoms with Crippen molar-refractivity contribution in [1.82, 2.24) is 24.7 Å². The van der Waals surface area contributed by atoms with Gasteiger partial charge in [0.2, 0.25) is 0 Å². The fraction of sp³-hybridized carbons (Fsp3) is 0.222. The monoisotopic (exact) mass is 334 g/mol. The number of carbonyl (C=O) groups is 1. The fourth-order valence-corrected chi connectivity index (χ4v) is 2.79. The molecule has 7 nitrogen and oxygen atoms in total. The van der Waals surface area contributed by atoms with Gasteiger partial charge in [-0.25, -0.2) is 9.97 Å². The van der Waals surface area contributed by atoms with Gasteiger partial charge >= 0.3 is 0 Å². The van der Waals surface area contributed by atoms with Gasteiger partial charge in [0.25, 0.3) is 5.91 Å². The highest BCUT2D eigenvalue weighted by Gasteiger charge is 2.14. The number of rotatable bonds is 3. The number of hydrogen-bond donors (Lipinski definition) is 2. The molecule has 3 aromatic heterocycles. The Bertz CT molecular complexity index is 1090. The number of carbonyl (C=O) groups excluding carboxylic acids is 1. The molecule has 2 N–H and O–H groups in total. The molecule has 1 aromatic carbocycles. The first-order chi connectivity index (χ1) is 12.0. The minimum atomic E-state index is -0.210. The SMILES string of the molecule is Cc1nc2nccc(C(=O)Nc3ccc4cn(C(C)C)nc4c3)c2[nH]1. The lowest BCUT2D eigenvalue weighted by Crippen LogP contribution is -2.12. The molecule has 7 heteroatoms. The first-order valence-corrected chi connectivity index (χ1v) is 8.13. The molecule has 0 spiro atoms. The zero-order valence-corrected chi connectivity index (χ0v) is 14.2. The zero-order valence-electron chi connectivity index (χ0n) is 14.2. The van der Waals surface area contributed by atoms with Crippen LogP contribution in [0.2, 0.25) is 0 Å². The van der Waals surface area contributed by atoms with Gasteiger partial charge in [-0.2, -0.15) is 5.10 Å². The van der Waals surface area contributed by atoms with E-state index in [2.05, 4.69) is 39.2 Å². The molecule has 4 rings (SSSR count). The molecule has 0 radical (unpaired) electrons. The van der Waals surface area contributed by atoms with Crippen molar-refractivity contribution in [2.75, 3.05) is 5.32 Å². The number of hydrogen-bond acceptors (Lipinski definition) is 4. The third-order valence-electron chi connectivity index (χ3n) is 4.07. The molecule has 0 aliphatic carbocycles. The molecule has 3 heterocycles. The predicted molar refractivity (Wildman–Crippen MR) is 96.7 cm³/mol. The molecule has 0 unspecified atom stereocenters. The molecule has 0 saturated heterocycles. The zero-order chi connectivity index (χ0) is 17.6. The van der Waals surface area contributed by atoms with Crippen LogP contribution in [-0.4, -0.2) is 30.6 Å². The Morgan fingerprint density at radius 3 is 2.92 bits per heavy atom. The third-order valence-corrected chi connectivity index (χ3v) is 4.07. The Balaban J connectivity index is 1.66. The van der Waals surface area contributed by atoms with Crippen molar-refractivity contribution in [2.24, 2.45) is 0 Å². The van der Waals surface area contributed by atoms with Crippen molar-refractivity contribution in [3.8, 4) is 0 Å². The minimum absolute atomic E-state index is 0.210. The topological polar surface area (TPSA) is 88.5 Å². The largest absolute Gasteiger partial charge is 0.340 e. The van der Waals surface area contributed by atoms with E-state index in [1.54, 1.807) is 12.3 Å². The number of aromatic nitrogens is 5. The summed E-state index contributed by atoms with van der Waals surface area (Å²) in [5.74, 6) is 0.516. The lowest BCUT2D eigenvalue weighted by atomic mass is 10.2. The highest BCUT2D eigenvalue weighted by Crippen LogP contribution is 2.21. The number of amides is 1. The van der Waals surface area contributed by atoms with Crippen LogP contribution in [0.1, 0.15) is 36.1 Å². The van der Waals surface area contributed by atoms with E-state index < -0.39 is 0 Å². The second-order valence-electron chi connectivity index (χ2n) is 6.31. The van der Waals surface area contributed by atoms with Crippen LogP contribution in [0.4, 0.5) is 5.69 Å². The highest BCUT2D eigenvalue weighted by atomic mass is 16.1. The smallest absolute Gasteiger partial charge is 0.257 e. The lowest BCUT2D eigenvalue weighted by molar-refractivity contribution is 0.102. The molecule has 4 aromatic rings. The fourth-order valence-electron chi connectivity index (χ4n) is 2.79. The number of aryl methyl sites for hydroxylation is 1. The molecule has 1 amide bonds. The molecule has 0 aliphatic rings. The van der Waals surface area contributed by atoms with Crippen molar-refractivity contribution in [1.29, 1.82) is 0 Å². The van der Waals surface area contributed by atoms with E-state index >= 15 is 0 Å². The molecule has 0 saturated carbocycles. The quantitative estimate of drug-likeness (QED) is 0.600. The Morgan fingerprint density at radius 2 is 2.12 bits per heavy atom. The van der Waals surface area contributed by atoms with Gasteiger partial charge in [-0.05, 0) is 45.0 Å². The highest BCUT2D eigenvalue weighted by molar-refractivity contribution is 6.11. The minimum Gasteiger partial charge on any atom is -0.340 e. The molecule has 0 aliphatic heterocycles. The van der Waals surface area contributed by atoms with Crippen LogP contribution in [0.5, 0.6) is 0 Å². The number of H-pyrrole nitrogens is 1. The predicted octanol–water partition coefficient (Wildman–Crippen LogP) is 3.45. The number of fused-ring (bicyclic) bond motifs is 2. The first kappa shape index (κ1) is 15.3. The van der Waals surface area contributed by atoms with Gasteiger partial charge < -0.3 is 10.3 Å². The summed E-state index contributed by atoms with van der Waals surface area (Å²) in [7, 11) is 0. The van der Waals surface area contributed by atoms with Crippen molar-refractivity contribution < 1.29 is 4.79 Å². The number of nitrogens with zero attached hydrogens (tertiary/aromatic N) is 4. The number of aromatic amines is 1. The van der Waals surface area contributed by atoms with Crippen molar-refractivity contribution in [2.45, 2.75) is 26.8 Å². The molecular weight excluding hydrogens is 316 g/mol. The summed E-state index contributed by atoms with van der Waals surface area (Å²) in [6, 6.07) is 7.69. The summed E-state index contributed by atoms with van der Waals surface area (Å²) in [5.41, 5.74) is 3.24. The number of benzene rings is 1. The van der Waals surface area contributed by atoms with Crippen LogP contribution in [-0.2, 0) is 0 Å². The summed E-state index contributed by atoms with van der Waals surface area (Å²) < 4.78 is 1.91. The van der Waals surface area contributed by atoms with Crippen LogP contribution in [0, 0.1) is 6.92 Å². The average Bonchev–Trinajstić information content (AvgIpc) is 3.16. The van der Waals surface area contributed by atoms with E-state index in [9.17, 15) is 4.79 Å². The molecule has 0 fully saturated rings. The van der Waals surface area contributed by atoms with E-state index in [-0.39, 0.29) is 5.91 Å². The Kier molecular flexibility index (Phi) is 3.49. The van der Waals surface area contributed by atoms with Gasteiger partial charge in [0.1, 0.15) is 5.82 Å². The van der Waals surface area contributed by atoms with Gasteiger partial charge in [-0.15, -0.1) is 0 Å². The maximum absolute atomic E-state index is 12.7. The van der Waals surface area contributed by atoms with Gasteiger partial charge in [0.15, 0.2) is 5.65 Å². The van der Waals surface area contributed by atoms with Crippen LogP contribution < -0.4 is 5.32 Å². The Morgan fingerprint density at radius 1 is 1.28 bits per heavy atom. The average molecular weight is 334 g/mol. The number of imidazole rings is 1. The third kappa shape index (κ3) is 2.73. The number of pyridine rings is 1. The molecule has 0 atom stereocenters. The Hall–Kier alpha value is -3.22. The maximum atomic E-state index is 12.7. The summed E-state index contributed by atoms with van der Waals surface area (Å²) >= 11 is 0. The van der Waals surface area contributed by atoms with Crippen molar-refractivity contribution in [3.05, 3.63) is 48.0 Å². The van der Waals surface area contributed by atoms with Gasteiger partial charge in [-0.1, -0.05) is 0 Å². The van der Waals surface area contributed by atoms with Gasteiger partial charge in [-0.3, -0.25) is 9.48 Å². The second kappa shape index (κ2) is 5.70. The van der Waals surface area contributed by atoms with Gasteiger partial charge in [0, 0.05) is 29.5 Å². The molecular formula is C18H18N6O. The molecule has 0 bridgehead atoms. The first-order valence-electron chi connectivity index (χ1n) is 8.13. The summed E-state index contributed by atoms with van der Waals surface area (Å²) in [5, 5.41) is 8.52. The molecule has 126 valence electrons. The lowest BCUT2D eigenvalue weighted by Gasteiger charge is -2.05. The summed E-state index contributed by atoms with van der Waals surface area (Å²) in [4.78, 5) is 24.2. The number of nitrogens with one attached hydrogen (secondary N) is 2. The van der Waals surface area contributed by atoms with Crippen LogP contribution in [0.3, 0.4) is 0 Å². The van der Waals surface area contributed by atoms with Crippen molar-refractivity contribution in [3.63, 3.8) is 0 Å². The summed E-state index contributed by atoms with van der Waals surface area (Å²) in [6.07, 6.45) is 3.59. The normalized spacial score (nSPS) is 11.5. The van der Waals surface area contributed by atoms with Crippen LogP contribution >= 0.6 is 0 Å². The van der Waals surface area contributed by atoms with Crippen LogP contribution in [0.25, 0.3) is 22.1 Å². The van der Waals surface area contributed by atoms with Crippen LogP contribution in [0.15, 0.2) is 36.7 Å². The number of anilines is 1. The van der Waals surface area contributed by atoms with Crippen molar-refractivity contribution >= 4 is 33.7 Å². The van der Waals surface area contributed by atoms with E-state index in [0.29, 0.717) is 28.5 Å². The standard InChI is InChI=1S/C18H18N6O/c1-10(2)24-9-12-4-5-13(8-15(12)23-24)22-18(25)14-6-7-19-17-16(14)20-11(3)21-17/h4-10H,1-3H3,(H,22,25)(H,19,20,21). The van der Waals surface area contributed by atoms with E-state index in [1.807, 2.05) is 36.0 Å². The second-order valence-corrected chi connectivity index (χ2v) is 6.31.